The number of esters is 1. The Hall–Kier alpha value is -5.64. The summed E-state index contributed by atoms with van der Waals surface area (Å²) in [4.78, 5) is 77.4. The first-order valence-corrected chi connectivity index (χ1v) is 17.7. The van der Waals surface area contributed by atoms with Crippen molar-refractivity contribution < 1.29 is 56.1 Å². The number of rotatable bonds is 17. The number of hydrogen-bond donors (Lipinski definition) is 4. The van der Waals surface area contributed by atoms with Crippen LogP contribution in [0.1, 0.15) is 62.1 Å². The second-order valence-corrected chi connectivity index (χ2v) is 14.3. The zero-order valence-corrected chi connectivity index (χ0v) is 32.3. The van der Waals surface area contributed by atoms with Crippen molar-refractivity contribution in [3.63, 3.8) is 0 Å². The summed E-state index contributed by atoms with van der Waals surface area (Å²) in [5.41, 5.74) is 0.0167. The summed E-state index contributed by atoms with van der Waals surface area (Å²) >= 11 is 6.17. The molecule has 4 N–H and O–H groups in total. The van der Waals surface area contributed by atoms with Crippen molar-refractivity contribution in [2.75, 3.05) is 20.3 Å². The molecule has 56 heavy (non-hydrogen) atoms. The van der Waals surface area contributed by atoms with E-state index in [0.29, 0.717) is 16.3 Å². The summed E-state index contributed by atoms with van der Waals surface area (Å²) in [6.07, 6.45) is -5.37. The maximum atomic E-state index is 14.0. The van der Waals surface area contributed by atoms with Crippen LogP contribution in [-0.2, 0) is 35.1 Å². The average molecular weight is 805 g/mol. The third kappa shape index (κ3) is 14.2. The van der Waals surface area contributed by atoms with Gasteiger partial charge in [0.25, 0.3) is 17.6 Å². The van der Waals surface area contributed by atoms with Crippen LogP contribution in [0.3, 0.4) is 0 Å². The average Bonchev–Trinajstić information content (AvgIpc) is 3.12. The summed E-state index contributed by atoms with van der Waals surface area (Å²) in [6.45, 7) is 6.93. The highest BCUT2D eigenvalue weighted by Crippen LogP contribution is 2.24. The highest BCUT2D eigenvalue weighted by Gasteiger charge is 2.45. The van der Waals surface area contributed by atoms with Crippen LogP contribution in [0.2, 0.25) is 5.02 Å². The molecule has 3 aromatic rings. The lowest BCUT2D eigenvalue weighted by molar-refractivity contribution is -0.175. The van der Waals surface area contributed by atoms with E-state index in [1.54, 1.807) is 45.0 Å². The first kappa shape index (κ1) is 44.8. The molecule has 3 rings (SSSR count). The molecule has 0 bridgehead atoms. The highest BCUT2D eigenvalue weighted by atomic mass is 35.5. The lowest BCUT2D eigenvalue weighted by Gasteiger charge is -2.27. The van der Waals surface area contributed by atoms with Crippen LogP contribution in [0.5, 0.6) is 11.5 Å². The second-order valence-electron chi connectivity index (χ2n) is 13.8. The van der Waals surface area contributed by atoms with Crippen molar-refractivity contribution in [3.05, 3.63) is 94.5 Å². The summed E-state index contributed by atoms with van der Waals surface area (Å²) in [5.74, 6) is -6.49. The molecule has 0 spiro atoms. The van der Waals surface area contributed by atoms with E-state index in [2.05, 4.69) is 21.3 Å². The second kappa shape index (κ2) is 19.8. The normalized spacial score (nSPS) is 13.1. The van der Waals surface area contributed by atoms with E-state index in [4.69, 9.17) is 25.8 Å². The Morgan fingerprint density at radius 2 is 1.43 bits per heavy atom. The number of methoxy groups -OCH3 is 1. The molecule has 13 nitrogen and oxygen atoms in total. The molecule has 302 valence electrons. The van der Waals surface area contributed by atoms with Crippen LogP contribution in [0.4, 0.5) is 13.2 Å². The minimum Gasteiger partial charge on any atom is -0.497 e. The number of amides is 4. The maximum absolute atomic E-state index is 14.0. The number of nitrogens with one attached hydrogen (secondary N) is 4. The fourth-order valence-electron chi connectivity index (χ4n) is 5.09. The SMILES string of the molecule is COc1ccc(C(NC(=O)C(Cc2cccc(Cl)c2)NC(=O)c2ccc(OCC(=O)NCC(=O)OC(C)(C)C)cc2)C(=O)NC(C(=O)C(F)(F)F)C(C)C)cc1. The van der Waals surface area contributed by atoms with Gasteiger partial charge < -0.3 is 35.5 Å². The predicted octanol–water partition coefficient (Wildman–Crippen LogP) is 4.66. The molecule has 17 heteroatoms. The molecule has 3 aromatic carbocycles. The summed E-state index contributed by atoms with van der Waals surface area (Å²) in [5, 5.41) is 10.0. The van der Waals surface area contributed by atoms with E-state index in [-0.39, 0.29) is 29.8 Å². The number of halogens is 4. The molecular weight excluding hydrogens is 761 g/mol. The van der Waals surface area contributed by atoms with E-state index in [1.165, 1.54) is 69.5 Å². The maximum Gasteiger partial charge on any atom is 0.452 e. The van der Waals surface area contributed by atoms with E-state index in [9.17, 15) is 41.9 Å². The Kier molecular flexibility index (Phi) is 15.8. The van der Waals surface area contributed by atoms with Gasteiger partial charge in [0, 0.05) is 17.0 Å². The van der Waals surface area contributed by atoms with Crippen molar-refractivity contribution >= 4 is 47.0 Å². The molecule has 0 radical (unpaired) electrons. The number of carbonyl (C=O) groups excluding carboxylic acids is 6. The number of benzene rings is 3. The molecule has 0 aliphatic heterocycles. The molecule has 0 aliphatic rings. The molecule has 3 atom stereocenters. The van der Waals surface area contributed by atoms with Crippen LogP contribution in [0.25, 0.3) is 0 Å². The topological polar surface area (TPSA) is 178 Å². The van der Waals surface area contributed by atoms with Crippen molar-refractivity contribution in [1.82, 2.24) is 21.3 Å². The van der Waals surface area contributed by atoms with Gasteiger partial charge in [0.1, 0.15) is 35.7 Å². The molecule has 4 amide bonds. The van der Waals surface area contributed by atoms with Gasteiger partial charge in [-0.3, -0.25) is 28.8 Å². The lowest BCUT2D eigenvalue weighted by Crippen LogP contribution is -2.55. The first-order valence-electron chi connectivity index (χ1n) is 17.3. The summed E-state index contributed by atoms with van der Waals surface area (Å²) in [6, 6.07) is 12.8. The number of Topliss-reactive ketones (excluding diaryl/α,β-unsaturated/α-hetero) is 1. The third-order valence-electron chi connectivity index (χ3n) is 7.81. The predicted molar refractivity (Wildman–Crippen MR) is 199 cm³/mol. The standard InChI is InChI=1S/C39H44ClF3N4O9/c1-22(2)32(34(50)39(41,42)43)46-37(53)33(24-10-14-27(54-6)15-11-24)47-36(52)29(19-23-8-7-9-26(40)18-23)45-35(51)25-12-16-28(17-13-25)55-21-30(48)44-20-31(49)56-38(3,4)5/h7-18,22,29,32-33H,19-21H2,1-6H3,(H,44,48)(H,45,51)(H,46,53)(H,47,52). The molecule has 0 aromatic heterocycles. The van der Waals surface area contributed by atoms with Crippen LogP contribution in [0, 0.1) is 5.92 Å². The van der Waals surface area contributed by atoms with E-state index in [1.807, 2.05) is 0 Å². The van der Waals surface area contributed by atoms with Crippen molar-refractivity contribution in [2.45, 2.75) is 70.9 Å². The molecule has 0 saturated heterocycles. The molecule has 0 fully saturated rings. The number of ketones is 1. The number of carbonyl (C=O) groups is 6. The van der Waals surface area contributed by atoms with Gasteiger partial charge in [-0.25, -0.2) is 0 Å². The van der Waals surface area contributed by atoms with Gasteiger partial charge in [0.2, 0.25) is 11.8 Å². The molecule has 0 heterocycles. The van der Waals surface area contributed by atoms with Gasteiger partial charge in [-0.1, -0.05) is 49.7 Å². The number of hydrogen-bond acceptors (Lipinski definition) is 9. The summed E-state index contributed by atoms with van der Waals surface area (Å²) in [7, 11) is 1.40. The van der Waals surface area contributed by atoms with Gasteiger partial charge >= 0.3 is 12.1 Å². The zero-order valence-electron chi connectivity index (χ0n) is 31.5. The Morgan fingerprint density at radius 3 is 1.98 bits per heavy atom. The summed E-state index contributed by atoms with van der Waals surface area (Å²) < 4.78 is 56.1. The quantitative estimate of drug-likeness (QED) is 0.141. The fraction of sp³-hybridized carbons (Fsp3) is 0.385. The minimum atomic E-state index is -5.24. The van der Waals surface area contributed by atoms with E-state index in [0.717, 1.165) is 0 Å². The van der Waals surface area contributed by atoms with E-state index < -0.39 is 77.8 Å². The molecule has 3 unspecified atom stereocenters. The van der Waals surface area contributed by atoms with E-state index >= 15 is 0 Å². The molecular formula is C39H44ClF3N4O9. The van der Waals surface area contributed by atoms with Gasteiger partial charge in [0.05, 0.1) is 13.2 Å². The highest BCUT2D eigenvalue weighted by molar-refractivity contribution is 6.30. The molecule has 0 saturated carbocycles. The van der Waals surface area contributed by atoms with Crippen LogP contribution < -0.4 is 30.7 Å². The van der Waals surface area contributed by atoms with Crippen molar-refractivity contribution in [2.24, 2.45) is 5.92 Å². The Bertz CT molecular complexity index is 1860. The van der Waals surface area contributed by atoms with Gasteiger partial charge in [-0.2, -0.15) is 13.2 Å². The van der Waals surface area contributed by atoms with Crippen molar-refractivity contribution in [3.8, 4) is 11.5 Å². The Labute approximate surface area is 327 Å². The van der Waals surface area contributed by atoms with Crippen LogP contribution >= 0.6 is 11.6 Å². The van der Waals surface area contributed by atoms with Crippen LogP contribution in [0.15, 0.2) is 72.8 Å². The molecule has 0 aliphatic carbocycles. The van der Waals surface area contributed by atoms with Gasteiger partial charge in [-0.05, 0) is 86.3 Å². The van der Waals surface area contributed by atoms with Crippen molar-refractivity contribution in [1.29, 1.82) is 0 Å². The lowest BCUT2D eigenvalue weighted by atomic mass is 9.97. The number of ether oxygens (including phenoxy) is 3. The Morgan fingerprint density at radius 1 is 0.804 bits per heavy atom. The monoisotopic (exact) mass is 804 g/mol. The van der Waals surface area contributed by atoms with Gasteiger partial charge in [0.15, 0.2) is 6.61 Å². The minimum absolute atomic E-state index is 0.0745. The zero-order chi connectivity index (χ0) is 41.8. The van der Waals surface area contributed by atoms with Gasteiger partial charge in [-0.15, -0.1) is 0 Å². The smallest absolute Gasteiger partial charge is 0.452 e. The van der Waals surface area contributed by atoms with Crippen LogP contribution in [-0.4, -0.2) is 79.5 Å². The fourth-order valence-corrected chi connectivity index (χ4v) is 5.30. The number of alkyl halides is 3. The largest absolute Gasteiger partial charge is 0.497 e. The first-order chi connectivity index (χ1) is 26.2. The third-order valence-corrected chi connectivity index (χ3v) is 8.05. The Balaban J connectivity index is 1.82.